The molecule has 0 aliphatic heterocycles. The Morgan fingerprint density at radius 3 is 2.52 bits per heavy atom. The van der Waals surface area contributed by atoms with Gasteiger partial charge in [0.15, 0.2) is 12.1 Å². The van der Waals surface area contributed by atoms with Gasteiger partial charge >= 0.3 is 5.97 Å². The van der Waals surface area contributed by atoms with Crippen molar-refractivity contribution in [2.75, 3.05) is 7.11 Å². The summed E-state index contributed by atoms with van der Waals surface area (Å²) in [6, 6.07) is 12.1. The first kappa shape index (κ1) is 19.4. The van der Waals surface area contributed by atoms with Gasteiger partial charge in [-0.25, -0.2) is 0 Å². The monoisotopic (exact) mass is 393 g/mol. The SMILES string of the molecule is COC(=O)Cc1ccc2c(c1)CCCc1cc(-c3onc(C)c3C(O)O)ccc1-2. The normalized spacial score (nSPS) is 13.0. The highest BCUT2D eigenvalue weighted by Crippen LogP contribution is 2.37. The van der Waals surface area contributed by atoms with Crippen LogP contribution in [0, 0.1) is 6.92 Å². The van der Waals surface area contributed by atoms with Gasteiger partial charge in [0, 0.05) is 5.56 Å². The van der Waals surface area contributed by atoms with Crippen molar-refractivity contribution < 1.29 is 24.3 Å². The number of carbonyl (C=O) groups is 1. The Labute approximate surface area is 168 Å². The van der Waals surface area contributed by atoms with Crippen LogP contribution >= 0.6 is 0 Å². The van der Waals surface area contributed by atoms with Gasteiger partial charge < -0.3 is 19.5 Å². The van der Waals surface area contributed by atoms with E-state index in [1.54, 1.807) is 6.92 Å². The van der Waals surface area contributed by atoms with Crippen molar-refractivity contribution in [3.63, 3.8) is 0 Å². The van der Waals surface area contributed by atoms with Crippen LogP contribution in [0.1, 0.15) is 40.7 Å². The highest BCUT2D eigenvalue weighted by molar-refractivity contribution is 5.77. The number of hydrogen-bond acceptors (Lipinski definition) is 6. The molecule has 3 aromatic rings. The first-order valence-corrected chi connectivity index (χ1v) is 9.62. The average molecular weight is 393 g/mol. The average Bonchev–Trinajstić information content (AvgIpc) is 3.00. The fraction of sp³-hybridized carbons (Fsp3) is 0.304. The summed E-state index contributed by atoms with van der Waals surface area (Å²) in [4.78, 5) is 11.6. The van der Waals surface area contributed by atoms with Crippen LogP contribution in [0.5, 0.6) is 0 Å². The van der Waals surface area contributed by atoms with Gasteiger partial charge in [-0.3, -0.25) is 4.79 Å². The number of aliphatic hydroxyl groups is 2. The van der Waals surface area contributed by atoms with Crippen LogP contribution in [0.25, 0.3) is 22.5 Å². The molecule has 1 aliphatic rings. The maximum absolute atomic E-state index is 11.6. The Bertz CT molecular complexity index is 1070. The molecule has 0 atom stereocenters. The molecule has 6 heteroatoms. The van der Waals surface area contributed by atoms with Crippen molar-refractivity contribution in [1.82, 2.24) is 5.16 Å². The second-order valence-electron chi connectivity index (χ2n) is 7.35. The lowest BCUT2D eigenvalue weighted by molar-refractivity contribution is -0.139. The molecule has 150 valence electrons. The number of aromatic nitrogens is 1. The highest BCUT2D eigenvalue weighted by atomic mass is 16.5. The number of hydrogen-bond donors (Lipinski definition) is 2. The predicted molar refractivity (Wildman–Crippen MR) is 107 cm³/mol. The third-order valence-electron chi connectivity index (χ3n) is 5.46. The van der Waals surface area contributed by atoms with Gasteiger partial charge in [-0.1, -0.05) is 35.5 Å². The van der Waals surface area contributed by atoms with Gasteiger partial charge in [-0.05, 0) is 60.1 Å². The minimum atomic E-state index is -1.64. The molecule has 2 aromatic carbocycles. The van der Waals surface area contributed by atoms with E-state index in [9.17, 15) is 15.0 Å². The summed E-state index contributed by atoms with van der Waals surface area (Å²) in [5.41, 5.74) is 7.20. The minimum Gasteiger partial charge on any atom is -0.469 e. The van der Waals surface area contributed by atoms with E-state index in [-0.39, 0.29) is 12.4 Å². The first-order valence-electron chi connectivity index (χ1n) is 9.62. The Hall–Kier alpha value is -2.96. The molecule has 0 bridgehead atoms. The van der Waals surface area contributed by atoms with Crippen LogP contribution in [-0.4, -0.2) is 28.4 Å². The summed E-state index contributed by atoms with van der Waals surface area (Å²) in [6.07, 6.45) is 1.44. The topological polar surface area (TPSA) is 92.8 Å². The van der Waals surface area contributed by atoms with E-state index in [0.717, 1.165) is 41.5 Å². The molecule has 1 aromatic heterocycles. The largest absolute Gasteiger partial charge is 0.469 e. The summed E-state index contributed by atoms with van der Waals surface area (Å²) < 4.78 is 10.2. The number of methoxy groups -OCH3 is 1. The zero-order chi connectivity index (χ0) is 20.5. The fourth-order valence-electron chi connectivity index (χ4n) is 4.03. The Kier molecular flexibility index (Phi) is 5.22. The summed E-state index contributed by atoms with van der Waals surface area (Å²) in [5, 5.41) is 23.2. The van der Waals surface area contributed by atoms with Crippen LogP contribution in [0.4, 0.5) is 0 Å². The summed E-state index contributed by atoms with van der Waals surface area (Å²) >= 11 is 0. The number of benzene rings is 2. The van der Waals surface area contributed by atoms with E-state index in [1.807, 2.05) is 24.3 Å². The van der Waals surface area contributed by atoms with Crippen molar-refractivity contribution in [3.05, 3.63) is 64.3 Å². The number of esters is 1. The molecule has 0 fully saturated rings. The molecular formula is C23H23NO5. The number of aryl methyl sites for hydroxylation is 3. The number of fused-ring (bicyclic) bond motifs is 3. The molecule has 1 aliphatic carbocycles. The standard InChI is InChI=1S/C23H23NO5/c1-13-21(23(26)27)22(29-24-13)17-7-9-19-16(12-17)5-3-4-15-10-14(6-8-18(15)19)11-20(25)28-2/h6-10,12,23,26-27H,3-5,11H2,1-2H3. The number of nitrogens with zero attached hydrogens (tertiary/aromatic N) is 1. The van der Waals surface area contributed by atoms with Crippen LogP contribution in [0.3, 0.4) is 0 Å². The van der Waals surface area contributed by atoms with Gasteiger partial charge in [0.1, 0.15) is 0 Å². The smallest absolute Gasteiger partial charge is 0.309 e. The van der Waals surface area contributed by atoms with Crippen LogP contribution in [0.15, 0.2) is 40.9 Å². The van der Waals surface area contributed by atoms with Gasteiger partial charge in [0.2, 0.25) is 0 Å². The van der Waals surface area contributed by atoms with Crippen LogP contribution < -0.4 is 0 Å². The van der Waals surface area contributed by atoms with Gasteiger partial charge in [0.25, 0.3) is 0 Å². The lowest BCUT2D eigenvalue weighted by Crippen LogP contribution is -2.05. The first-order chi connectivity index (χ1) is 14.0. The van der Waals surface area contributed by atoms with Gasteiger partial charge in [-0.15, -0.1) is 0 Å². The molecule has 29 heavy (non-hydrogen) atoms. The van der Waals surface area contributed by atoms with E-state index in [0.29, 0.717) is 17.0 Å². The quantitative estimate of drug-likeness (QED) is 0.521. The maximum Gasteiger partial charge on any atom is 0.309 e. The molecule has 4 rings (SSSR count). The lowest BCUT2D eigenvalue weighted by atomic mass is 9.92. The molecule has 2 N–H and O–H groups in total. The lowest BCUT2D eigenvalue weighted by Gasteiger charge is -2.12. The van der Waals surface area contributed by atoms with Crippen molar-refractivity contribution in [2.24, 2.45) is 0 Å². The molecule has 0 saturated carbocycles. The minimum absolute atomic E-state index is 0.243. The van der Waals surface area contributed by atoms with Crippen molar-refractivity contribution >= 4 is 5.97 Å². The highest BCUT2D eigenvalue weighted by Gasteiger charge is 2.22. The molecule has 0 radical (unpaired) electrons. The van der Waals surface area contributed by atoms with Crippen LogP contribution in [-0.2, 0) is 28.8 Å². The van der Waals surface area contributed by atoms with Gasteiger partial charge in [0.05, 0.1) is 24.8 Å². The molecule has 0 unspecified atom stereocenters. The summed E-state index contributed by atoms with van der Waals surface area (Å²) in [7, 11) is 1.40. The Morgan fingerprint density at radius 2 is 1.83 bits per heavy atom. The third kappa shape index (κ3) is 3.69. The Morgan fingerprint density at radius 1 is 1.14 bits per heavy atom. The maximum atomic E-state index is 11.6. The number of ether oxygens (including phenoxy) is 1. The summed E-state index contributed by atoms with van der Waals surface area (Å²) in [5.74, 6) is 0.144. The van der Waals surface area contributed by atoms with E-state index >= 15 is 0 Å². The molecular weight excluding hydrogens is 370 g/mol. The second kappa shape index (κ2) is 7.81. The molecule has 0 amide bonds. The van der Waals surface area contributed by atoms with Crippen molar-refractivity contribution in [1.29, 1.82) is 0 Å². The van der Waals surface area contributed by atoms with Gasteiger partial charge in [-0.2, -0.15) is 0 Å². The second-order valence-corrected chi connectivity index (χ2v) is 7.35. The zero-order valence-corrected chi connectivity index (χ0v) is 16.4. The molecule has 0 spiro atoms. The van der Waals surface area contributed by atoms with Crippen molar-refractivity contribution in [2.45, 2.75) is 38.9 Å². The number of aliphatic hydroxyl groups excluding tert-OH is 1. The molecule has 0 saturated heterocycles. The van der Waals surface area contributed by atoms with E-state index < -0.39 is 6.29 Å². The van der Waals surface area contributed by atoms with Crippen molar-refractivity contribution in [3.8, 4) is 22.5 Å². The predicted octanol–water partition coefficient (Wildman–Crippen LogP) is 3.50. The zero-order valence-electron chi connectivity index (χ0n) is 16.4. The summed E-state index contributed by atoms with van der Waals surface area (Å²) in [6.45, 7) is 1.69. The van der Waals surface area contributed by atoms with E-state index in [1.165, 1.54) is 18.2 Å². The van der Waals surface area contributed by atoms with Crippen LogP contribution in [0.2, 0.25) is 0 Å². The molecule has 1 heterocycles. The third-order valence-corrected chi connectivity index (χ3v) is 5.46. The van der Waals surface area contributed by atoms with E-state index in [2.05, 4.69) is 17.3 Å². The van der Waals surface area contributed by atoms with E-state index in [4.69, 9.17) is 9.26 Å². The fourth-order valence-corrected chi connectivity index (χ4v) is 4.03. The Balaban J connectivity index is 1.74. The molecule has 6 nitrogen and oxygen atoms in total. The number of carbonyl (C=O) groups excluding carboxylic acids is 1. The number of rotatable bonds is 4.